The van der Waals surface area contributed by atoms with E-state index in [9.17, 15) is 14.4 Å². The van der Waals surface area contributed by atoms with Crippen molar-refractivity contribution in [2.24, 2.45) is 0 Å². The highest BCUT2D eigenvalue weighted by atomic mass is 16.5. The summed E-state index contributed by atoms with van der Waals surface area (Å²) >= 11 is 0. The number of hydrogen-bond donors (Lipinski definition) is 1. The van der Waals surface area contributed by atoms with Crippen molar-refractivity contribution >= 4 is 23.4 Å². The molecule has 3 heterocycles. The van der Waals surface area contributed by atoms with Crippen LogP contribution in [0.2, 0.25) is 0 Å². The summed E-state index contributed by atoms with van der Waals surface area (Å²) in [4.78, 5) is 42.5. The Morgan fingerprint density at radius 2 is 1.88 bits per heavy atom. The predicted molar refractivity (Wildman–Crippen MR) is 125 cm³/mol. The Bertz CT molecular complexity index is 1240. The monoisotopic (exact) mass is 458 g/mol. The number of rotatable bonds is 5. The number of carbonyl (C=O) groups is 3. The lowest BCUT2D eigenvalue weighted by molar-refractivity contribution is -0.122. The second-order valence-corrected chi connectivity index (χ2v) is 8.78. The number of amides is 3. The summed E-state index contributed by atoms with van der Waals surface area (Å²) in [5, 5.41) is 6.80. The number of nitrogens with one attached hydrogen (secondary N) is 1. The van der Waals surface area contributed by atoms with Gasteiger partial charge in [0.15, 0.2) is 0 Å². The van der Waals surface area contributed by atoms with E-state index in [-0.39, 0.29) is 17.7 Å². The average Bonchev–Trinajstić information content (AvgIpc) is 3.45. The van der Waals surface area contributed by atoms with Crippen LogP contribution >= 0.6 is 0 Å². The lowest BCUT2D eigenvalue weighted by Crippen LogP contribution is -2.44. The van der Waals surface area contributed by atoms with E-state index in [0.717, 1.165) is 23.2 Å². The third kappa shape index (κ3) is 3.85. The Kier molecular flexibility index (Phi) is 5.65. The molecule has 0 spiro atoms. The number of nitrogens with zero attached hydrogens (tertiary/aromatic N) is 3. The fourth-order valence-electron chi connectivity index (χ4n) is 4.74. The molecule has 1 saturated heterocycles. The number of benzene rings is 2. The van der Waals surface area contributed by atoms with Gasteiger partial charge in [0.05, 0.1) is 23.5 Å². The minimum atomic E-state index is -0.422. The van der Waals surface area contributed by atoms with Gasteiger partial charge in [-0.25, -0.2) is 0 Å². The molecule has 34 heavy (non-hydrogen) atoms. The van der Waals surface area contributed by atoms with E-state index in [1.807, 2.05) is 44.2 Å². The topological polar surface area (TPSA) is 95.8 Å². The smallest absolute Gasteiger partial charge is 0.256 e. The highest BCUT2D eigenvalue weighted by molar-refractivity contribution is 6.11. The lowest BCUT2D eigenvalue weighted by Gasteiger charge is -2.26. The molecule has 2 aliphatic heterocycles. The first-order valence-electron chi connectivity index (χ1n) is 11.4. The second-order valence-electron chi connectivity index (χ2n) is 8.78. The van der Waals surface area contributed by atoms with Crippen LogP contribution in [-0.4, -0.2) is 40.4 Å². The number of fused-ring (bicyclic) bond motifs is 2. The molecule has 0 unspecified atom stereocenters. The molecule has 2 aliphatic rings. The molecule has 5 rings (SSSR count). The molecule has 8 heteroatoms. The Morgan fingerprint density at radius 3 is 2.62 bits per heavy atom. The van der Waals surface area contributed by atoms with Crippen molar-refractivity contribution in [1.82, 2.24) is 15.4 Å². The van der Waals surface area contributed by atoms with E-state index < -0.39 is 6.04 Å². The quantitative estimate of drug-likeness (QED) is 0.633. The molecule has 3 amide bonds. The van der Waals surface area contributed by atoms with E-state index in [0.29, 0.717) is 48.6 Å². The van der Waals surface area contributed by atoms with Crippen molar-refractivity contribution in [1.29, 1.82) is 0 Å². The summed E-state index contributed by atoms with van der Waals surface area (Å²) in [7, 11) is 0. The highest BCUT2D eigenvalue weighted by Crippen LogP contribution is 2.33. The van der Waals surface area contributed by atoms with Gasteiger partial charge in [0.2, 0.25) is 5.91 Å². The van der Waals surface area contributed by atoms with E-state index in [1.54, 1.807) is 28.0 Å². The molecule has 0 aliphatic carbocycles. The summed E-state index contributed by atoms with van der Waals surface area (Å²) in [6, 6.07) is 14.0. The van der Waals surface area contributed by atoms with Crippen LogP contribution in [0.25, 0.3) is 0 Å². The highest BCUT2D eigenvalue weighted by Gasteiger charge is 2.41. The molecule has 1 aromatic heterocycles. The maximum atomic E-state index is 13.4. The van der Waals surface area contributed by atoms with Gasteiger partial charge in [-0.15, -0.1) is 0 Å². The van der Waals surface area contributed by atoms with Gasteiger partial charge in [-0.3, -0.25) is 14.4 Å². The standard InChI is InChI=1S/C26H26N4O4/c1-16-21(17(2)34-28-16)14-27-24(31)19-11-9-18(10-12-19)15-30-22-7-4-3-6-20(22)25(32)29-13-5-8-23(29)26(30)33/h3-4,6-7,9-12,23H,5,8,13-15H2,1-2H3,(H,27,31)/t23-/m1/s1. The number of para-hydroxylation sites is 1. The van der Waals surface area contributed by atoms with Crippen LogP contribution < -0.4 is 10.2 Å². The van der Waals surface area contributed by atoms with E-state index in [4.69, 9.17) is 4.52 Å². The van der Waals surface area contributed by atoms with Crippen LogP contribution in [0.5, 0.6) is 0 Å². The summed E-state index contributed by atoms with van der Waals surface area (Å²) < 4.78 is 5.14. The number of carbonyl (C=O) groups excluding carboxylic acids is 3. The van der Waals surface area contributed by atoms with Crippen LogP contribution in [0.1, 0.15) is 56.1 Å². The lowest BCUT2D eigenvalue weighted by atomic mass is 10.1. The fraction of sp³-hybridized carbons (Fsp3) is 0.308. The number of aromatic nitrogens is 1. The van der Waals surface area contributed by atoms with Crippen LogP contribution in [-0.2, 0) is 17.9 Å². The largest absolute Gasteiger partial charge is 0.361 e. The average molecular weight is 459 g/mol. The number of anilines is 1. The molecular weight excluding hydrogens is 432 g/mol. The third-order valence-corrected chi connectivity index (χ3v) is 6.65. The number of aryl methyl sites for hydroxylation is 2. The van der Waals surface area contributed by atoms with E-state index in [1.165, 1.54) is 0 Å². The van der Waals surface area contributed by atoms with Gasteiger partial charge in [0, 0.05) is 24.2 Å². The van der Waals surface area contributed by atoms with Gasteiger partial charge >= 0.3 is 0 Å². The fourth-order valence-corrected chi connectivity index (χ4v) is 4.74. The molecule has 174 valence electrons. The Hall–Kier alpha value is -3.94. The maximum Gasteiger partial charge on any atom is 0.256 e. The molecule has 1 atom stereocenters. The second kappa shape index (κ2) is 8.78. The van der Waals surface area contributed by atoms with E-state index >= 15 is 0 Å². The molecule has 1 N–H and O–H groups in total. The normalized spacial score (nSPS) is 17.4. The molecule has 3 aromatic rings. The van der Waals surface area contributed by atoms with Crippen molar-refractivity contribution in [3.63, 3.8) is 0 Å². The van der Waals surface area contributed by atoms with Crippen LogP contribution in [0.15, 0.2) is 53.1 Å². The molecule has 0 saturated carbocycles. The van der Waals surface area contributed by atoms with E-state index in [2.05, 4.69) is 10.5 Å². The first kappa shape index (κ1) is 21.9. The van der Waals surface area contributed by atoms with Crippen LogP contribution in [0.3, 0.4) is 0 Å². The zero-order valence-corrected chi connectivity index (χ0v) is 19.2. The summed E-state index contributed by atoms with van der Waals surface area (Å²) in [5.74, 6) is 0.348. The first-order chi connectivity index (χ1) is 16.4. The first-order valence-corrected chi connectivity index (χ1v) is 11.4. The summed E-state index contributed by atoms with van der Waals surface area (Å²) in [6.45, 7) is 4.93. The van der Waals surface area contributed by atoms with Crippen molar-refractivity contribution in [2.75, 3.05) is 11.4 Å². The minimum absolute atomic E-state index is 0.0583. The Labute approximate surface area is 197 Å². The van der Waals surface area contributed by atoms with Gasteiger partial charge in [0.1, 0.15) is 11.8 Å². The van der Waals surface area contributed by atoms with Crippen molar-refractivity contribution in [3.8, 4) is 0 Å². The SMILES string of the molecule is Cc1noc(C)c1CNC(=O)c1ccc(CN2C(=O)[C@H]3CCCN3C(=O)c3ccccc32)cc1. The molecule has 0 radical (unpaired) electrons. The summed E-state index contributed by atoms with van der Waals surface area (Å²) in [6.07, 6.45) is 1.51. The van der Waals surface area contributed by atoms with Gasteiger partial charge in [-0.05, 0) is 56.5 Å². The van der Waals surface area contributed by atoms with Crippen molar-refractivity contribution in [2.45, 2.75) is 45.8 Å². The van der Waals surface area contributed by atoms with Gasteiger partial charge < -0.3 is 19.6 Å². The van der Waals surface area contributed by atoms with Gasteiger partial charge in [-0.2, -0.15) is 0 Å². The Morgan fingerprint density at radius 1 is 1.12 bits per heavy atom. The minimum Gasteiger partial charge on any atom is -0.361 e. The molecule has 2 aromatic carbocycles. The molecule has 0 bridgehead atoms. The molecule has 1 fully saturated rings. The zero-order chi connectivity index (χ0) is 23.8. The van der Waals surface area contributed by atoms with Gasteiger partial charge in [0.25, 0.3) is 11.8 Å². The van der Waals surface area contributed by atoms with Gasteiger partial charge in [-0.1, -0.05) is 29.4 Å². The zero-order valence-electron chi connectivity index (χ0n) is 19.2. The third-order valence-electron chi connectivity index (χ3n) is 6.65. The number of hydrogen-bond acceptors (Lipinski definition) is 5. The van der Waals surface area contributed by atoms with Crippen LogP contribution in [0, 0.1) is 13.8 Å². The molecule has 8 nitrogen and oxygen atoms in total. The summed E-state index contributed by atoms with van der Waals surface area (Å²) in [5.41, 5.74) is 4.22. The van der Waals surface area contributed by atoms with Crippen LogP contribution in [0.4, 0.5) is 5.69 Å². The maximum absolute atomic E-state index is 13.4. The molecular formula is C26H26N4O4. The Balaban J connectivity index is 1.34. The predicted octanol–water partition coefficient (Wildman–Crippen LogP) is 3.37. The van der Waals surface area contributed by atoms with Crippen molar-refractivity contribution < 1.29 is 18.9 Å². The van der Waals surface area contributed by atoms with Crippen molar-refractivity contribution in [3.05, 3.63) is 82.2 Å².